The van der Waals surface area contributed by atoms with Gasteiger partial charge in [0.1, 0.15) is 5.69 Å². The van der Waals surface area contributed by atoms with Crippen molar-refractivity contribution in [1.82, 2.24) is 10.3 Å². The van der Waals surface area contributed by atoms with Crippen LogP contribution in [-0.4, -0.2) is 16.8 Å². The van der Waals surface area contributed by atoms with Crippen LogP contribution in [0.5, 0.6) is 0 Å². The molecule has 1 aromatic heterocycles. The van der Waals surface area contributed by atoms with Crippen LogP contribution in [0.1, 0.15) is 37.5 Å². The first-order valence-electron chi connectivity index (χ1n) is 8.66. The van der Waals surface area contributed by atoms with Crippen LogP contribution in [0.15, 0.2) is 66.9 Å². The first-order valence-corrected chi connectivity index (χ1v) is 8.66. The van der Waals surface area contributed by atoms with Gasteiger partial charge in [-0.15, -0.1) is 0 Å². The minimum Gasteiger partial charge on any atom is -0.348 e. The Labute approximate surface area is 162 Å². The summed E-state index contributed by atoms with van der Waals surface area (Å²) in [6.45, 7) is 2.39. The number of anilines is 1. The van der Waals surface area contributed by atoms with Crippen LogP contribution in [0.4, 0.5) is 5.69 Å². The van der Waals surface area contributed by atoms with Crippen molar-refractivity contribution in [2.75, 3.05) is 5.32 Å². The molecular weight excluding hydrogens is 352 g/mol. The summed E-state index contributed by atoms with van der Waals surface area (Å²) >= 11 is 0. The van der Waals surface area contributed by atoms with Crippen molar-refractivity contribution in [3.8, 4) is 6.07 Å². The van der Waals surface area contributed by atoms with Gasteiger partial charge < -0.3 is 10.6 Å². The number of carbonyl (C=O) groups is 2. The van der Waals surface area contributed by atoms with E-state index in [-0.39, 0.29) is 11.6 Å². The highest BCUT2D eigenvalue weighted by atomic mass is 16.2. The van der Waals surface area contributed by atoms with E-state index in [1.165, 1.54) is 12.3 Å². The van der Waals surface area contributed by atoms with Gasteiger partial charge in [0.25, 0.3) is 11.8 Å². The van der Waals surface area contributed by atoms with Gasteiger partial charge in [0.2, 0.25) is 0 Å². The fraction of sp³-hybridized carbons (Fsp3) is 0.0909. The highest BCUT2D eigenvalue weighted by Crippen LogP contribution is 2.12. The van der Waals surface area contributed by atoms with Crippen LogP contribution < -0.4 is 10.6 Å². The van der Waals surface area contributed by atoms with E-state index in [0.29, 0.717) is 23.4 Å². The molecule has 28 heavy (non-hydrogen) atoms. The topological polar surface area (TPSA) is 94.9 Å². The highest BCUT2D eigenvalue weighted by molar-refractivity contribution is 6.04. The Bertz CT molecular complexity index is 1070. The fourth-order valence-corrected chi connectivity index (χ4v) is 2.66. The third kappa shape index (κ3) is 4.80. The Morgan fingerprint density at radius 2 is 1.86 bits per heavy atom. The monoisotopic (exact) mass is 370 g/mol. The molecule has 1 heterocycles. The Hall–Kier alpha value is -3.98. The number of benzene rings is 2. The lowest BCUT2D eigenvalue weighted by atomic mass is 10.1. The standard InChI is InChI=1S/C22H18N4O2/c1-15-4-2-6-17(10-15)14-25-21(27)18-8-9-24-20(12-18)22(28)26-19-7-3-5-16(11-19)13-23/h2-12H,14H2,1H3,(H,25,27)(H,26,28). The van der Waals surface area contributed by atoms with Crippen molar-refractivity contribution in [2.45, 2.75) is 13.5 Å². The van der Waals surface area contributed by atoms with Crippen molar-refractivity contribution in [1.29, 1.82) is 5.26 Å². The van der Waals surface area contributed by atoms with E-state index < -0.39 is 5.91 Å². The molecule has 0 spiro atoms. The minimum atomic E-state index is -0.455. The third-order valence-electron chi connectivity index (χ3n) is 4.04. The Kier molecular flexibility index (Phi) is 5.78. The van der Waals surface area contributed by atoms with E-state index in [0.717, 1.165) is 11.1 Å². The number of nitrogens with zero attached hydrogens (tertiary/aromatic N) is 2. The first-order chi connectivity index (χ1) is 13.5. The van der Waals surface area contributed by atoms with Crippen molar-refractivity contribution >= 4 is 17.5 Å². The van der Waals surface area contributed by atoms with Gasteiger partial charge in [0, 0.05) is 24.0 Å². The van der Waals surface area contributed by atoms with Gasteiger partial charge >= 0.3 is 0 Å². The molecular formula is C22H18N4O2. The number of aryl methyl sites for hydroxylation is 1. The van der Waals surface area contributed by atoms with E-state index in [2.05, 4.69) is 15.6 Å². The lowest BCUT2D eigenvalue weighted by Crippen LogP contribution is -2.23. The molecule has 6 heteroatoms. The predicted molar refractivity (Wildman–Crippen MR) is 106 cm³/mol. The molecule has 0 aliphatic heterocycles. The molecule has 0 aliphatic carbocycles. The average molecular weight is 370 g/mol. The van der Waals surface area contributed by atoms with Gasteiger partial charge in [0.05, 0.1) is 11.6 Å². The van der Waals surface area contributed by atoms with Gasteiger partial charge in [-0.2, -0.15) is 5.26 Å². The molecule has 2 aromatic carbocycles. The number of carbonyl (C=O) groups excluding carboxylic acids is 2. The number of pyridine rings is 1. The van der Waals surface area contributed by atoms with Gasteiger partial charge in [-0.25, -0.2) is 0 Å². The summed E-state index contributed by atoms with van der Waals surface area (Å²) in [7, 11) is 0. The largest absolute Gasteiger partial charge is 0.348 e. The SMILES string of the molecule is Cc1cccc(CNC(=O)c2ccnc(C(=O)Nc3cccc(C#N)c3)c2)c1. The van der Waals surface area contributed by atoms with Gasteiger partial charge in [-0.1, -0.05) is 35.9 Å². The number of hydrogen-bond donors (Lipinski definition) is 2. The number of rotatable bonds is 5. The molecule has 0 radical (unpaired) electrons. The maximum absolute atomic E-state index is 12.4. The number of aromatic nitrogens is 1. The molecule has 0 atom stereocenters. The summed E-state index contributed by atoms with van der Waals surface area (Å²) in [5.41, 5.74) is 3.51. The molecule has 0 bridgehead atoms. The molecule has 0 unspecified atom stereocenters. The quantitative estimate of drug-likeness (QED) is 0.719. The highest BCUT2D eigenvalue weighted by Gasteiger charge is 2.12. The summed E-state index contributed by atoms with van der Waals surface area (Å²) in [5, 5.41) is 14.5. The Morgan fingerprint density at radius 3 is 2.64 bits per heavy atom. The number of amides is 2. The van der Waals surface area contributed by atoms with E-state index in [1.54, 1.807) is 30.3 Å². The summed E-state index contributed by atoms with van der Waals surface area (Å²) < 4.78 is 0. The number of nitrogens with one attached hydrogen (secondary N) is 2. The van der Waals surface area contributed by atoms with Crippen molar-refractivity contribution in [2.24, 2.45) is 0 Å². The minimum absolute atomic E-state index is 0.116. The zero-order valence-corrected chi connectivity index (χ0v) is 15.3. The summed E-state index contributed by atoms with van der Waals surface area (Å²) in [6.07, 6.45) is 1.42. The maximum Gasteiger partial charge on any atom is 0.274 e. The zero-order valence-electron chi connectivity index (χ0n) is 15.3. The van der Waals surface area contributed by atoms with E-state index in [1.807, 2.05) is 37.3 Å². The molecule has 0 fully saturated rings. The third-order valence-corrected chi connectivity index (χ3v) is 4.04. The molecule has 2 amide bonds. The lowest BCUT2D eigenvalue weighted by Gasteiger charge is -2.08. The summed E-state index contributed by atoms with van der Waals surface area (Å²) in [6, 6.07) is 19.4. The molecule has 0 saturated carbocycles. The van der Waals surface area contributed by atoms with Crippen LogP contribution in [0, 0.1) is 18.3 Å². The second-order valence-corrected chi connectivity index (χ2v) is 6.25. The van der Waals surface area contributed by atoms with Crippen molar-refractivity contribution in [3.05, 3.63) is 94.8 Å². The fourth-order valence-electron chi connectivity index (χ4n) is 2.66. The summed E-state index contributed by atoms with van der Waals surface area (Å²) in [5.74, 6) is -0.743. The number of hydrogen-bond acceptors (Lipinski definition) is 4. The summed E-state index contributed by atoms with van der Waals surface area (Å²) in [4.78, 5) is 28.9. The average Bonchev–Trinajstić information content (AvgIpc) is 2.72. The Balaban J connectivity index is 1.68. The van der Waals surface area contributed by atoms with Crippen molar-refractivity contribution < 1.29 is 9.59 Å². The zero-order chi connectivity index (χ0) is 19.9. The molecule has 2 N–H and O–H groups in total. The molecule has 0 aliphatic rings. The maximum atomic E-state index is 12.4. The molecule has 0 saturated heterocycles. The van der Waals surface area contributed by atoms with E-state index in [9.17, 15) is 9.59 Å². The van der Waals surface area contributed by atoms with Crippen LogP contribution in [0.2, 0.25) is 0 Å². The van der Waals surface area contributed by atoms with Gasteiger partial charge in [-0.05, 0) is 42.8 Å². The van der Waals surface area contributed by atoms with E-state index in [4.69, 9.17) is 5.26 Å². The van der Waals surface area contributed by atoms with E-state index >= 15 is 0 Å². The normalized spacial score (nSPS) is 10.0. The van der Waals surface area contributed by atoms with Crippen molar-refractivity contribution in [3.63, 3.8) is 0 Å². The first kappa shape index (κ1) is 18.8. The van der Waals surface area contributed by atoms with Crippen LogP contribution in [-0.2, 0) is 6.54 Å². The van der Waals surface area contributed by atoms with Crippen LogP contribution in [0.25, 0.3) is 0 Å². The molecule has 3 aromatic rings. The van der Waals surface area contributed by atoms with Gasteiger partial charge in [-0.3, -0.25) is 14.6 Å². The predicted octanol–water partition coefficient (Wildman–Crippen LogP) is 3.44. The number of nitriles is 1. The smallest absolute Gasteiger partial charge is 0.274 e. The molecule has 138 valence electrons. The van der Waals surface area contributed by atoms with Gasteiger partial charge in [0.15, 0.2) is 0 Å². The second kappa shape index (κ2) is 8.60. The second-order valence-electron chi connectivity index (χ2n) is 6.25. The molecule has 6 nitrogen and oxygen atoms in total. The van der Waals surface area contributed by atoms with Crippen LogP contribution >= 0.6 is 0 Å². The van der Waals surface area contributed by atoms with Crippen LogP contribution in [0.3, 0.4) is 0 Å². The lowest BCUT2D eigenvalue weighted by molar-refractivity contribution is 0.0950. The Morgan fingerprint density at radius 1 is 1.04 bits per heavy atom. The molecule has 3 rings (SSSR count).